The van der Waals surface area contributed by atoms with E-state index in [0.29, 0.717) is 83.6 Å². The Morgan fingerprint density at radius 2 is 0.667 bits per heavy atom. The molecule has 0 aliphatic carbocycles. The lowest BCUT2D eigenvalue weighted by molar-refractivity contribution is 0.291. The van der Waals surface area contributed by atoms with Crippen LogP contribution in [0, 0.1) is 27.7 Å². The summed E-state index contributed by atoms with van der Waals surface area (Å²) in [5, 5.41) is 22.1. The molecule has 612 valence electrons. The van der Waals surface area contributed by atoms with E-state index in [1.807, 2.05) is 265 Å². The molecule has 16 aromatic rings. The van der Waals surface area contributed by atoms with E-state index in [9.17, 15) is 0 Å². The van der Waals surface area contributed by atoms with Crippen LogP contribution < -0.4 is 15.1 Å². The molecule has 120 heavy (non-hydrogen) atoms. The second-order valence-electron chi connectivity index (χ2n) is 29.6. The molecule has 3 fully saturated rings. The average molecular weight is 1640 g/mol. The van der Waals surface area contributed by atoms with E-state index >= 15 is 0 Å². The van der Waals surface area contributed by atoms with Crippen LogP contribution in [-0.2, 0) is 32.1 Å². The van der Waals surface area contributed by atoms with Crippen molar-refractivity contribution in [3.8, 4) is 91.6 Å². The van der Waals surface area contributed by atoms with Crippen LogP contribution in [0.3, 0.4) is 0 Å². The highest BCUT2D eigenvalue weighted by molar-refractivity contribution is 6.29. The number of pyridine rings is 4. The molecule has 15 heterocycles. The fraction of sp³-hybridized carbons (Fsp3) is 0.261. The van der Waals surface area contributed by atoms with Crippen LogP contribution in [0.5, 0.6) is 0 Å². The minimum Gasteiger partial charge on any atom is -0.453 e. The first-order chi connectivity index (χ1) is 58.6. The van der Waals surface area contributed by atoms with Gasteiger partial charge in [0.05, 0.1) is 37.8 Å². The second kappa shape index (κ2) is 39.6. The number of furan rings is 4. The molecular weight excluding hydrogens is 1550 g/mol. The van der Waals surface area contributed by atoms with Gasteiger partial charge in [0.15, 0.2) is 34.7 Å². The number of aromatic nitrogens is 16. The number of alkyl halides is 1. The third-order valence-electron chi connectivity index (χ3n) is 20.6. The Morgan fingerprint density at radius 1 is 0.333 bits per heavy atom. The van der Waals surface area contributed by atoms with E-state index in [1.165, 1.54) is 13.1 Å². The number of hydrogen-bond acceptors (Lipinski definition) is 22. The van der Waals surface area contributed by atoms with Gasteiger partial charge in [0, 0.05) is 126 Å². The SMILES string of the molecule is CN1CCNCC1.Cc1nc(-c2ccc(-c3ccccc3)o2)n(Cc2ccnc(Cl)c2)n1.Cc1nc(-c2ccc(-c3ccccc3)o2)n(Cc2ccnc(N3CCN(C)CC3)c2)n1.Cc1nc(-c2ccc(-c3ccccc3)o2)nn1Cc1ccnc(CCl)c1.Cc1nc(-c2ccc(-c3ccccc3)o2)nn1Cc1ccnc(N2CCN(C)CC2)c1. The average Bonchev–Trinajstić information content (AvgIpc) is 1.67. The van der Waals surface area contributed by atoms with Gasteiger partial charge in [-0.05, 0) is 168 Å². The fourth-order valence-corrected chi connectivity index (χ4v) is 14.3. The van der Waals surface area contributed by atoms with Crippen molar-refractivity contribution in [3.63, 3.8) is 0 Å². The highest BCUT2D eigenvalue weighted by Gasteiger charge is 2.23. The summed E-state index contributed by atoms with van der Waals surface area (Å²) in [6.07, 6.45) is 7.21. The predicted molar refractivity (Wildman–Crippen MR) is 469 cm³/mol. The van der Waals surface area contributed by atoms with E-state index in [1.54, 1.807) is 12.4 Å². The maximum Gasteiger partial charge on any atom is 0.217 e. The van der Waals surface area contributed by atoms with Crippen molar-refractivity contribution >= 4 is 34.8 Å². The summed E-state index contributed by atoms with van der Waals surface area (Å²) in [7, 11) is 6.47. The van der Waals surface area contributed by atoms with Gasteiger partial charge in [0.25, 0.3) is 0 Å². The van der Waals surface area contributed by atoms with E-state index in [0.717, 1.165) is 174 Å². The molecular formula is C92H96Cl2N22O4. The number of likely N-dealkylation sites (N-methyl/N-ethyl adjacent to an activating group) is 3. The van der Waals surface area contributed by atoms with Gasteiger partial charge in [0.1, 0.15) is 63.1 Å². The first-order valence-corrected chi connectivity index (χ1v) is 41.1. The van der Waals surface area contributed by atoms with Gasteiger partial charge in [-0.1, -0.05) is 133 Å². The Kier molecular flexibility index (Phi) is 27.2. The first kappa shape index (κ1) is 82.3. The molecule has 12 aromatic heterocycles. The summed E-state index contributed by atoms with van der Waals surface area (Å²) in [5.41, 5.74) is 9.37. The van der Waals surface area contributed by atoms with Crippen molar-refractivity contribution in [3.05, 3.63) is 300 Å². The standard InChI is InChI=1S/2C24H26N6O.C20H17ClN4O.C19H15ClN4O.C5H12N2/c1-18-26-24(22-9-8-21(31-22)20-6-4-3-5-7-20)27-30(18)17-19-10-11-25-23(16-19)29-14-12-28(2)13-15-29;1-18-26-24(22-9-8-21(31-22)20-6-4-3-5-7-20)30(27-18)17-19-10-11-25-23(16-19)29-14-12-28(2)13-15-29;1-14-23-20(19-8-7-18(26-19)16-5-3-2-4-6-16)24-25(14)13-15-9-10-22-17(11-15)12-21;1-13-22-19(24(23-13)12-14-9-10-21-18(20)11-14)17-8-7-16(25-17)15-5-3-2-4-6-15;1-7-4-2-6-3-5-7/h2*3-11,16H,12-15,17H2,1-2H3;2-11H,12-13H2,1H3;2-11H,12H2,1H3;6H,2-5H2,1H3. The molecule has 0 spiro atoms. The zero-order chi connectivity index (χ0) is 82.7. The third kappa shape index (κ3) is 21.7. The Morgan fingerprint density at radius 3 is 1.04 bits per heavy atom. The topological polar surface area (TPSA) is 255 Å². The van der Waals surface area contributed by atoms with Gasteiger partial charge in [-0.15, -0.1) is 21.8 Å². The molecule has 1 N–H and O–H groups in total. The molecule has 0 atom stereocenters. The van der Waals surface area contributed by atoms with Crippen LogP contribution in [0.15, 0.2) is 261 Å². The van der Waals surface area contributed by atoms with E-state index in [2.05, 4.69) is 118 Å². The zero-order valence-corrected chi connectivity index (χ0v) is 69.9. The van der Waals surface area contributed by atoms with Crippen molar-refractivity contribution < 1.29 is 17.7 Å². The normalized spacial score (nSPS) is 13.8. The van der Waals surface area contributed by atoms with Gasteiger partial charge < -0.3 is 47.5 Å². The van der Waals surface area contributed by atoms with Crippen molar-refractivity contribution in [2.75, 3.05) is 109 Å². The molecule has 3 aliphatic heterocycles. The summed E-state index contributed by atoms with van der Waals surface area (Å²) < 4.78 is 31.6. The molecule has 26 nitrogen and oxygen atoms in total. The predicted octanol–water partition coefficient (Wildman–Crippen LogP) is 16.2. The fourth-order valence-electron chi connectivity index (χ4n) is 14.0. The quantitative estimate of drug-likeness (QED) is 0.0583. The van der Waals surface area contributed by atoms with Crippen LogP contribution in [0.25, 0.3) is 91.6 Å². The van der Waals surface area contributed by atoms with Crippen LogP contribution in [0.4, 0.5) is 11.6 Å². The maximum atomic E-state index is 6.13. The lowest BCUT2D eigenvalue weighted by atomic mass is 10.2. The van der Waals surface area contributed by atoms with Gasteiger partial charge in [-0.25, -0.2) is 53.6 Å². The largest absolute Gasteiger partial charge is 0.453 e. The lowest BCUT2D eigenvalue weighted by Crippen LogP contribution is -2.44. The highest BCUT2D eigenvalue weighted by Crippen LogP contribution is 2.33. The molecule has 4 aromatic carbocycles. The molecule has 0 saturated carbocycles. The number of nitrogens with zero attached hydrogens (tertiary/aromatic N) is 21. The van der Waals surface area contributed by atoms with Crippen molar-refractivity contribution in [2.45, 2.75) is 59.8 Å². The minimum atomic E-state index is 0.393. The molecule has 3 aliphatic rings. The number of nitrogens with one attached hydrogen (secondary N) is 1. The Hall–Kier alpha value is -12.8. The summed E-state index contributed by atoms with van der Waals surface area (Å²) in [6, 6.07) is 71.7. The molecule has 19 rings (SSSR count). The molecule has 0 radical (unpaired) electrons. The number of hydrogen-bond donors (Lipinski definition) is 1. The molecule has 0 amide bonds. The molecule has 28 heteroatoms. The Labute approximate surface area is 707 Å². The third-order valence-corrected chi connectivity index (χ3v) is 21.0. The molecule has 0 bridgehead atoms. The van der Waals surface area contributed by atoms with E-state index in [-0.39, 0.29) is 0 Å². The summed E-state index contributed by atoms with van der Waals surface area (Å²) in [6.45, 7) is 23.1. The zero-order valence-electron chi connectivity index (χ0n) is 68.4. The number of halogens is 2. The summed E-state index contributed by atoms with van der Waals surface area (Å²) in [4.78, 5) is 47.4. The Bertz CT molecular complexity index is 5910. The molecule has 0 unspecified atom stereocenters. The number of aryl methyl sites for hydroxylation is 4. The van der Waals surface area contributed by atoms with Gasteiger partial charge >= 0.3 is 0 Å². The number of piperazine rings is 3. The summed E-state index contributed by atoms with van der Waals surface area (Å²) in [5.74, 6) is 14.1. The number of anilines is 2. The summed E-state index contributed by atoms with van der Waals surface area (Å²) >= 11 is 11.8. The number of benzene rings is 4. The van der Waals surface area contributed by atoms with Crippen LogP contribution >= 0.6 is 23.2 Å². The van der Waals surface area contributed by atoms with Crippen molar-refractivity contribution in [1.82, 2.24) is 99.0 Å². The smallest absolute Gasteiger partial charge is 0.217 e. The van der Waals surface area contributed by atoms with Crippen molar-refractivity contribution in [1.29, 1.82) is 0 Å². The lowest BCUT2D eigenvalue weighted by Gasteiger charge is -2.33. The van der Waals surface area contributed by atoms with Crippen LogP contribution in [0.2, 0.25) is 5.15 Å². The van der Waals surface area contributed by atoms with E-state index in [4.69, 9.17) is 46.0 Å². The first-order valence-electron chi connectivity index (χ1n) is 40.2. The second-order valence-corrected chi connectivity index (χ2v) is 30.3. The van der Waals surface area contributed by atoms with E-state index < -0.39 is 0 Å². The van der Waals surface area contributed by atoms with Crippen LogP contribution in [0.1, 0.15) is 51.2 Å². The highest BCUT2D eigenvalue weighted by atomic mass is 35.5. The van der Waals surface area contributed by atoms with Gasteiger partial charge in [-0.3, -0.25) is 4.98 Å². The molecule has 3 saturated heterocycles. The van der Waals surface area contributed by atoms with Crippen LogP contribution in [-0.4, -0.2) is 193 Å². The van der Waals surface area contributed by atoms with Gasteiger partial charge in [0.2, 0.25) is 11.6 Å². The monoisotopic (exact) mass is 1640 g/mol. The minimum absolute atomic E-state index is 0.393. The van der Waals surface area contributed by atoms with Crippen molar-refractivity contribution in [2.24, 2.45) is 0 Å². The Balaban J connectivity index is 0.000000122. The maximum absolute atomic E-state index is 6.13. The van der Waals surface area contributed by atoms with Gasteiger partial charge in [-0.2, -0.15) is 10.2 Å². The number of rotatable bonds is 19.